The number of hydrazine groups is 1. The van der Waals surface area contributed by atoms with Crippen LogP contribution in [0, 0.1) is 6.92 Å². The van der Waals surface area contributed by atoms with Gasteiger partial charge in [-0.25, -0.2) is 0 Å². The van der Waals surface area contributed by atoms with Crippen molar-refractivity contribution in [3.05, 3.63) is 59.7 Å². The summed E-state index contributed by atoms with van der Waals surface area (Å²) >= 11 is 5.02. The molecule has 0 aliphatic carbocycles. The monoisotopic (exact) mass is 415 g/mol. The van der Waals surface area contributed by atoms with E-state index < -0.39 is 11.8 Å². The molecule has 0 aromatic heterocycles. The fourth-order valence-electron chi connectivity index (χ4n) is 2.26. The lowest BCUT2D eigenvalue weighted by Crippen LogP contribution is -2.49. The molecule has 0 heterocycles. The van der Waals surface area contributed by atoms with E-state index in [1.807, 2.05) is 25.1 Å². The van der Waals surface area contributed by atoms with Gasteiger partial charge in [-0.1, -0.05) is 25.5 Å². The second-order valence-electron chi connectivity index (χ2n) is 6.29. The van der Waals surface area contributed by atoms with E-state index in [2.05, 4.69) is 23.1 Å². The highest BCUT2D eigenvalue weighted by Gasteiger charge is 2.09. The van der Waals surface area contributed by atoms with Gasteiger partial charge in [0.15, 0.2) is 11.7 Å². The Morgan fingerprint density at radius 1 is 1.00 bits per heavy atom. The van der Waals surface area contributed by atoms with Crippen LogP contribution in [-0.2, 0) is 4.79 Å². The Labute approximate surface area is 175 Å². The third kappa shape index (κ3) is 8.18. The molecule has 0 unspecified atom stereocenters. The molecular weight excluding hydrogens is 390 g/mol. The van der Waals surface area contributed by atoms with Crippen LogP contribution in [0.25, 0.3) is 0 Å². The van der Waals surface area contributed by atoms with Crippen molar-refractivity contribution in [1.29, 1.82) is 0 Å². The van der Waals surface area contributed by atoms with E-state index in [1.165, 1.54) is 0 Å². The molecular formula is C21H25N3O4S. The van der Waals surface area contributed by atoms with Crippen molar-refractivity contribution in [2.75, 3.05) is 13.2 Å². The van der Waals surface area contributed by atoms with Gasteiger partial charge in [-0.3, -0.25) is 25.8 Å². The average Bonchev–Trinajstić information content (AvgIpc) is 2.71. The zero-order chi connectivity index (χ0) is 21.1. The van der Waals surface area contributed by atoms with Gasteiger partial charge in [-0.2, -0.15) is 0 Å². The lowest BCUT2D eigenvalue weighted by atomic mass is 10.2. The van der Waals surface area contributed by atoms with Gasteiger partial charge in [0.1, 0.15) is 11.5 Å². The van der Waals surface area contributed by atoms with Crippen molar-refractivity contribution >= 4 is 29.1 Å². The van der Waals surface area contributed by atoms with E-state index in [0.717, 1.165) is 18.4 Å². The number of nitrogens with one attached hydrogen (secondary N) is 3. The summed E-state index contributed by atoms with van der Waals surface area (Å²) in [5.74, 6) is 0.472. The van der Waals surface area contributed by atoms with E-state index >= 15 is 0 Å². The van der Waals surface area contributed by atoms with Crippen LogP contribution in [0.4, 0.5) is 0 Å². The molecule has 2 amide bonds. The normalized spacial score (nSPS) is 10.0. The van der Waals surface area contributed by atoms with Gasteiger partial charge >= 0.3 is 0 Å². The van der Waals surface area contributed by atoms with Crippen LogP contribution >= 0.6 is 12.2 Å². The highest BCUT2D eigenvalue weighted by Crippen LogP contribution is 2.13. The van der Waals surface area contributed by atoms with Crippen LogP contribution in [0.5, 0.6) is 11.5 Å². The van der Waals surface area contributed by atoms with Crippen molar-refractivity contribution in [3.8, 4) is 11.5 Å². The topological polar surface area (TPSA) is 88.7 Å². The van der Waals surface area contributed by atoms with Gasteiger partial charge in [0.2, 0.25) is 0 Å². The molecule has 0 atom stereocenters. The van der Waals surface area contributed by atoms with Gasteiger partial charge in [0.25, 0.3) is 11.8 Å². The molecule has 0 radical (unpaired) electrons. The minimum Gasteiger partial charge on any atom is -0.494 e. The van der Waals surface area contributed by atoms with Gasteiger partial charge in [0, 0.05) is 5.56 Å². The molecule has 3 N–H and O–H groups in total. The molecule has 29 heavy (non-hydrogen) atoms. The Balaban J connectivity index is 1.71. The van der Waals surface area contributed by atoms with Crippen molar-refractivity contribution < 1.29 is 19.1 Å². The molecule has 0 aliphatic rings. The minimum absolute atomic E-state index is 0.0258. The third-order valence-electron chi connectivity index (χ3n) is 3.79. The first-order valence-electron chi connectivity index (χ1n) is 9.30. The Hall–Kier alpha value is -3.13. The van der Waals surface area contributed by atoms with E-state index in [9.17, 15) is 9.59 Å². The molecule has 0 spiro atoms. The summed E-state index contributed by atoms with van der Waals surface area (Å²) in [5.41, 5.74) is 6.30. The maximum Gasteiger partial charge on any atom is 0.276 e. The second-order valence-corrected chi connectivity index (χ2v) is 6.70. The minimum atomic E-state index is -0.434. The maximum absolute atomic E-state index is 12.2. The number of thiocarbonyl (C=S) groups is 1. The maximum atomic E-state index is 12.2. The van der Waals surface area contributed by atoms with Crippen LogP contribution in [-0.4, -0.2) is 30.1 Å². The van der Waals surface area contributed by atoms with Gasteiger partial charge in [0.05, 0.1) is 6.61 Å². The number of aryl methyl sites for hydroxylation is 1. The predicted octanol–water partition coefficient (Wildman–Crippen LogP) is 2.89. The Morgan fingerprint density at radius 2 is 1.76 bits per heavy atom. The summed E-state index contributed by atoms with van der Waals surface area (Å²) in [6.07, 6.45) is 2.03. The Morgan fingerprint density at radius 3 is 2.45 bits per heavy atom. The van der Waals surface area contributed by atoms with Crippen LogP contribution in [0.3, 0.4) is 0 Å². The number of rotatable bonds is 8. The third-order valence-corrected chi connectivity index (χ3v) is 3.99. The summed E-state index contributed by atoms with van der Waals surface area (Å²) in [5, 5.41) is 2.46. The molecule has 8 heteroatoms. The molecule has 2 rings (SSSR count). The number of hydrogen-bond acceptors (Lipinski definition) is 5. The quantitative estimate of drug-likeness (QED) is 0.349. The highest BCUT2D eigenvalue weighted by atomic mass is 32.1. The molecule has 0 fully saturated rings. The first kappa shape index (κ1) is 22.2. The van der Waals surface area contributed by atoms with Gasteiger partial charge in [-0.15, -0.1) is 0 Å². The van der Waals surface area contributed by atoms with Crippen LogP contribution < -0.4 is 25.6 Å². The number of carbonyl (C=O) groups is 2. The molecule has 0 saturated heterocycles. The lowest BCUT2D eigenvalue weighted by Gasteiger charge is -2.12. The van der Waals surface area contributed by atoms with Gasteiger partial charge < -0.3 is 9.47 Å². The van der Waals surface area contributed by atoms with Crippen molar-refractivity contribution in [3.63, 3.8) is 0 Å². The largest absolute Gasteiger partial charge is 0.494 e. The molecule has 154 valence electrons. The number of benzene rings is 2. The fraction of sp³-hybridized carbons (Fsp3) is 0.286. The van der Waals surface area contributed by atoms with E-state index in [0.29, 0.717) is 23.7 Å². The summed E-state index contributed by atoms with van der Waals surface area (Å²) in [6, 6.07) is 14.1. The molecule has 2 aromatic rings. The van der Waals surface area contributed by atoms with E-state index in [-0.39, 0.29) is 11.7 Å². The summed E-state index contributed by atoms with van der Waals surface area (Å²) in [4.78, 5) is 24.0. The molecule has 7 nitrogen and oxygen atoms in total. The van der Waals surface area contributed by atoms with Crippen LogP contribution in [0.15, 0.2) is 48.5 Å². The number of hydrogen-bond donors (Lipinski definition) is 3. The first-order chi connectivity index (χ1) is 14.0. The zero-order valence-corrected chi connectivity index (χ0v) is 17.3. The Bertz CT molecular complexity index is 840. The molecule has 0 saturated carbocycles. The summed E-state index contributed by atoms with van der Waals surface area (Å²) in [7, 11) is 0. The average molecular weight is 416 g/mol. The predicted molar refractivity (Wildman–Crippen MR) is 115 cm³/mol. The number of carbonyl (C=O) groups excluding carboxylic acids is 2. The van der Waals surface area contributed by atoms with Crippen LogP contribution in [0.1, 0.15) is 35.7 Å². The second kappa shape index (κ2) is 11.7. The van der Waals surface area contributed by atoms with Crippen molar-refractivity contribution in [2.24, 2.45) is 0 Å². The Kier molecular flexibility index (Phi) is 8.91. The molecule has 2 aromatic carbocycles. The standard InChI is InChI=1S/C21H25N3O4S/c1-3-4-12-27-17-10-8-16(9-11-17)20(26)22-21(29)24-23-19(25)14-28-18-7-5-6-15(2)13-18/h5-11,13H,3-4,12,14H2,1-2H3,(H,23,25)(H2,22,24,26,29). The van der Waals surface area contributed by atoms with Crippen molar-refractivity contribution in [2.45, 2.75) is 26.7 Å². The zero-order valence-electron chi connectivity index (χ0n) is 16.5. The number of unbranched alkanes of at least 4 members (excludes halogenated alkanes) is 1. The summed E-state index contributed by atoms with van der Waals surface area (Å²) in [6.45, 7) is 4.48. The lowest BCUT2D eigenvalue weighted by molar-refractivity contribution is -0.123. The first-order valence-corrected chi connectivity index (χ1v) is 9.71. The highest BCUT2D eigenvalue weighted by molar-refractivity contribution is 7.80. The van der Waals surface area contributed by atoms with E-state index in [1.54, 1.807) is 30.3 Å². The van der Waals surface area contributed by atoms with Crippen LogP contribution in [0.2, 0.25) is 0 Å². The summed E-state index contributed by atoms with van der Waals surface area (Å²) < 4.78 is 10.9. The number of amides is 2. The SMILES string of the molecule is CCCCOc1ccc(C(=O)NC(=S)NNC(=O)COc2cccc(C)c2)cc1. The number of ether oxygens (including phenoxy) is 2. The van der Waals surface area contributed by atoms with Crippen molar-refractivity contribution in [1.82, 2.24) is 16.2 Å². The smallest absolute Gasteiger partial charge is 0.276 e. The molecule has 0 aliphatic heterocycles. The fourth-order valence-corrected chi connectivity index (χ4v) is 2.40. The van der Waals surface area contributed by atoms with E-state index in [4.69, 9.17) is 21.7 Å². The van der Waals surface area contributed by atoms with Gasteiger partial charge in [-0.05, 0) is 67.5 Å². The molecule has 0 bridgehead atoms.